The first-order chi connectivity index (χ1) is 21.2. The first-order valence-electron chi connectivity index (χ1n) is 16.2. The van der Waals surface area contributed by atoms with Crippen LogP contribution in [0.4, 0.5) is 10.5 Å². The second-order valence-corrected chi connectivity index (χ2v) is 16.0. The van der Waals surface area contributed by atoms with Crippen LogP contribution in [-0.4, -0.2) is 84.0 Å². The number of hydrogen-bond donors (Lipinski definition) is 2. The van der Waals surface area contributed by atoms with Crippen LogP contribution in [-0.2, 0) is 31.4 Å². The number of hydrogen-bond acceptors (Lipinski definition) is 8. The van der Waals surface area contributed by atoms with Crippen molar-refractivity contribution in [3.05, 3.63) is 23.4 Å². The molecular weight excluding hydrogens is 596 g/mol. The van der Waals surface area contributed by atoms with E-state index >= 15 is 0 Å². The maximum Gasteiger partial charge on any atom is 0.407 e. The number of carbonyl (C=O) groups excluding carboxylic acids is 3. The number of ether oxygens (including phenoxy) is 1. The zero-order valence-electron chi connectivity index (χ0n) is 27.2. The Morgan fingerprint density at radius 1 is 1.07 bits per heavy atom. The lowest BCUT2D eigenvalue weighted by Crippen LogP contribution is -2.48. The number of piperidine rings is 3. The fraction of sp³-hybridized carbons (Fsp3) is 0.688. The molecule has 1 unspecified atom stereocenters. The molecule has 2 N–H and O–H groups in total. The molecule has 3 aliphatic rings. The van der Waals surface area contributed by atoms with E-state index in [0.717, 1.165) is 60.2 Å². The van der Waals surface area contributed by atoms with Crippen LogP contribution in [0.1, 0.15) is 89.3 Å². The van der Waals surface area contributed by atoms with Crippen LogP contribution in [0, 0.1) is 12.8 Å². The van der Waals surface area contributed by atoms with Crippen LogP contribution in [0.25, 0.3) is 10.9 Å². The van der Waals surface area contributed by atoms with Gasteiger partial charge in [-0.05, 0) is 96.3 Å². The third-order valence-corrected chi connectivity index (χ3v) is 11.3. The summed E-state index contributed by atoms with van der Waals surface area (Å²) >= 11 is 0. The van der Waals surface area contributed by atoms with Gasteiger partial charge in [0.1, 0.15) is 5.60 Å². The Hall–Kier alpha value is -3.19. The smallest absolute Gasteiger partial charge is 0.407 e. The molecule has 3 fully saturated rings. The molecule has 1 atom stereocenters. The zero-order chi connectivity index (χ0) is 32.5. The number of aryl methyl sites for hydroxylation is 2. The summed E-state index contributed by atoms with van der Waals surface area (Å²) in [6.07, 6.45) is 5.04. The molecule has 4 heterocycles. The summed E-state index contributed by atoms with van der Waals surface area (Å²) in [7, 11) is -1.44. The highest BCUT2D eigenvalue weighted by molar-refractivity contribution is 7.89. The van der Waals surface area contributed by atoms with Gasteiger partial charge in [0.05, 0.1) is 22.9 Å². The van der Waals surface area contributed by atoms with E-state index in [4.69, 9.17) is 9.84 Å². The number of nitrogens with zero attached hydrogens (tertiary/aromatic N) is 4. The highest BCUT2D eigenvalue weighted by Gasteiger charge is 2.33. The van der Waals surface area contributed by atoms with Crippen molar-refractivity contribution in [2.75, 3.05) is 36.8 Å². The SMILES string of the molecule is Cc1cc2c(C3CCC(=O)NC3=O)nn(C)c2cc1N1CCC(CCCS(=O)(=O)N2CCC(NC(=O)OC(C)(C)C)CC2)CC1. The molecule has 13 heteroatoms. The Morgan fingerprint density at radius 3 is 2.40 bits per heavy atom. The fourth-order valence-electron chi connectivity index (χ4n) is 6.88. The number of fused-ring (bicyclic) bond motifs is 1. The van der Waals surface area contributed by atoms with E-state index in [0.29, 0.717) is 51.1 Å². The molecule has 12 nitrogen and oxygen atoms in total. The average Bonchev–Trinajstić information content (AvgIpc) is 3.26. The molecule has 1 aromatic heterocycles. The molecule has 45 heavy (non-hydrogen) atoms. The van der Waals surface area contributed by atoms with Gasteiger partial charge in [-0.25, -0.2) is 17.5 Å². The number of aromatic nitrogens is 2. The summed E-state index contributed by atoms with van der Waals surface area (Å²) in [5, 5.41) is 11.0. The Balaban J connectivity index is 1.09. The van der Waals surface area contributed by atoms with Crippen LogP contribution in [0.5, 0.6) is 0 Å². The van der Waals surface area contributed by atoms with E-state index in [1.165, 1.54) is 0 Å². The lowest BCUT2D eigenvalue weighted by atomic mass is 9.91. The predicted molar refractivity (Wildman–Crippen MR) is 172 cm³/mol. The van der Waals surface area contributed by atoms with Gasteiger partial charge in [-0.2, -0.15) is 5.10 Å². The average molecular weight is 645 g/mol. The molecule has 0 spiro atoms. The maximum atomic E-state index is 13.0. The molecule has 3 aliphatic heterocycles. The van der Waals surface area contributed by atoms with Gasteiger partial charge in [0.25, 0.3) is 0 Å². The van der Waals surface area contributed by atoms with Gasteiger partial charge in [-0.1, -0.05) is 0 Å². The van der Waals surface area contributed by atoms with Crippen molar-refractivity contribution < 1.29 is 27.5 Å². The summed E-state index contributed by atoms with van der Waals surface area (Å²) in [6, 6.07) is 4.20. The topological polar surface area (TPSA) is 143 Å². The minimum atomic E-state index is -3.33. The molecule has 3 amide bonds. The fourth-order valence-corrected chi connectivity index (χ4v) is 8.44. The largest absolute Gasteiger partial charge is 0.444 e. The Bertz CT molecular complexity index is 1530. The second-order valence-electron chi connectivity index (χ2n) is 13.9. The molecule has 0 aliphatic carbocycles. The Kier molecular flexibility index (Phi) is 9.79. The van der Waals surface area contributed by atoms with Gasteiger partial charge < -0.3 is 15.0 Å². The number of sulfonamides is 1. The minimum Gasteiger partial charge on any atom is -0.444 e. The van der Waals surface area contributed by atoms with Gasteiger partial charge in [0.2, 0.25) is 21.8 Å². The molecule has 3 saturated heterocycles. The first-order valence-corrected chi connectivity index (χ1v) is 17.8. The van der Waals surface area contributed by atoms with E-state index in [9.17, 15) is 22.8 Å². The molecule has 248 valence electrons. The molecule has 5 rings (SSSR count). The molecule has 0 radical (unpaired) electrons. The van der Waals surface area contributed by atoms with Crippen molar-refractivity contribution >= 4 is 44.5 Å². The number of amides is 3. The first kappa shape index (κ1) is 33.2. The van der Waals surface area contributed by atoms with E-state index in [2.05, 4.69) is 34.6 Å². The van der Waals surface area contributed by atoms with Crippen LogP contribution in [0.3, 0.4) is 0 Å². The Labute approximate surface area is 266 Å². The summed E-state index contributed by atoms with van der Waals surface area (Å²) < 4.78 is 34.8. The summed E-state index contributed by atoms with van der Waals surface area (Å²) in [4.78, 5) is 38.6. The number of carbonyl (C=O) groups is 3. The lowest BCUT2D eigenvalue weighted by molar-refractivity contribution is -0.134. The van der Waals surface area contributed by atoms with Crippen LogP contribution < -0.4 is 15.5 Å². The van der Waals surface area contributed by atoms with E-state index in [-0.39, 0.29) is 23.6 Å². The Morgan fingerprint density at radius 2 is 1.76 bits per heavy atom. The highest BCUT2D eigenvalue weighted by atomic mass is 32.2. The molecule has 1 aromatic carbocycles. The number of imide groups is 1. The standard InChI is InChI=1S/C32H48N6O6S/c1-21-19-25-27(36(5)35-29(25)24-8-9-28(39)34-30(24)40)20-26(21)37-14-10-22(11-15-37)7-6-18-45(42,43)38-16-12-23(13-17-38)33-31(41)44-32(2,3)4/h19-20,22-24H,6-18H2,1-5H3,(H,33,41)(H,34,39,40). The maximum absolute atomic E-state index is 13.0. The molecule has 2 aromatic rings. The number of rotatable bonds is 8. The highest BCUT2D eigenvalue weighted by Crippen LogP contribution is 2.36. The van der Waals surface area contributed by atoms with Crippen LogP contribution >= 0.6 is 0 Å². The van der Waals surface area contributed by atoms with Gasteiger partial charge in [-0.3, -0.25) is 19.6 Å². The van der Waals surface area contributed by atoms with Crippen molar-refractivity contribution in [3.63, 3.8) is 0 Å². The lowest BCUT2D eigenvalue weighted by Gasteiger charge is -2.35. The number of anilines is 1. The van der Waals surface area contributed by atoms with Crippen LogP contribution in [0.15, 0.2) is 12.1 Å². The number of nitrogens with one attached hydrogen (secondary N) is 2. The van der Waals surface area contributed by atoms with Crippen molar-refractivity contribution in [3.8, 4) is 0 Å². The zero-order valence-corrected chi connectivity index (χ0v) is 28.0. The predicted octanol–water partition coefficient (Wildman–Crippen LogP) is 3.72. The van der Waals surface area contributed by atoms with Crippen molar-refractivity contribution in [1.29, 1.82) is 0 Å². The van der Waals surface area contributed by atoms with Gasteiger partial charge in [0, 0.05) is 56.8 Å². The van der Waals surface area contributed by atoms with Crippen LogP contribution in [0.2, 0.25) is 0 Å². The van der Waals surface area contributed by atoms with E-state index in [1.807, 2.05) is 32.5 Å². The van der Waals surface area contributed by atoms with Crippen molar-refractivity contribution in [2.45, 2.75) is 96.6 Å². The van der Waals surface area contributed by atoms with Gasteiger partial charge >= 0.3 is 6.09 Å². The van der Waals surface area contributed by atoms with Crippen molar-refractivity contribution in [1.82, 2.24) is 24.7 Å². The van der Waals surface area contributed by atoms with Crippen molar-refractivity contribution in [2.24, 2.45) is 13.0 Å². The summed E-state index contributed by atoms with van der Waals surface area (Å²) in [5.41, 5.74) is 3.41. The molecule has 0 saturated carbocycles. The van der Waals surface area contributed by atoms with Gasteiger partial charge in [-0.15, -0.1) is 0 Å². The third-order valence-electron chi connectivity index (χ3n) is 9.30. The summed E-state index contributed by atoms with van der Waals surface area (Å²) in [6.45, 7) is 10.2. The summed E-state index contributed by atoms with van der Waals surface area (Å²) in [5.74, 6) is -0.293. The monoisotopic (exact) mass is 644 g/mol. The van der Waals surface area contributed by atoms with E-state index in [1.54, 1.807) is 4.31 Å². The van der Waals surface area contributed by atoms with Gasteiger partial charge in [0.15, 0.2) is 0 Å². The molecular formula is C32H48N6O6S. The molecule has 0 bridgehead atoms. The third kappa shape index (κ3) is 7.97. The minimum absolute atomic E-state index is 0.0777. The normalized spacial score (nSPS) is 21.3. The van der Waals surface area contributed by atoms with E-state index < -0.39 is 27.6 Å². The quantitative estimate of drug-likeness (QED) is 0.414. The second kappa shape index (κ2) is 13.3. The number of alkyl carbamates (subject to hydrolysis) is 1. The number of benzene rings is 1.